The number of aliphatic hydroxyl groups excluding tert-OH is 1. The van der Waals surface area contributed by atoms with Gasteiger partial charge in [0.1, 0.15) is 18.5 Å². The van der Waals surface area contributed by atoms with Gasteiger partial charge in [0, 0.05) is 20.1 Å². The molecule has 1 amide bonds. The Labute approximate surface area is 120 Å². The summed E-state index contributed by atoms with van der Waals surface area (Å²) in [5.41, 5.74) is 1.11. The first kappa shape index (κ1) is 16.5. The quantitative estimate of drug-likeness (QED) is 0.739. The van der Waals surface area contributed by atoms with Crippen LogP contribution in [0, 0.1) is 6.92 Å². The van der Waals surface area contributed by atoms with Crippen LogP contribution in [0.1, 0.15) is 12.5 Å². The Bertz CT molecular complexity index is 423. The van der Waals surface area contributed by atoms with E-state index in [2.05, 4.69) is 5.32 Å². The summed E-state index contributed by atoms with van der Waals surface area (Å²) in [6.45, 7) is 5.35. The topological polar surface area (TPSA) is 61.8 Å². The molecule has 112 valence electrons. The molecule has 1 aromatic carbocycles. The number of aryl methyl sites for hydroxylation is 1. The molecule has 1 unspecified atom stereocenters. The highest BCUT2D eigenvalue weighted by molar-refractivity contribution is 5.77. The van der Waals surface area contributed by atoms with Gasteiger partial charge in [-0.15, -0.1) is 0 Å². The molecule has 0 fully saturated rings. The molecule has 0 heterocycles. The van der Waals surface area contributed by atoms with Gasteiger partial charge in [-0.3, -0.25) is 4.79 Å². The first-order chi connectivity index (χ1) is 9.52. The maximum atomic E-state index is 11.5. The smallest absolute Gasteiger partial charge is 0.236 e. The van der Waals surface area contributed by atoms with Crippen molar-refractivity contribution in [3.8, 4) is 5.75 Å². The summed E-state index contributed by atoms with van der Waals surface area (Å²) in [6, 6.07) is 7.67. The second kappa shape index (κ2) is 8.55. The van der Waals surface area contributed by atoms with E-state index in [0.717, 1.165) is 11.3 Å². The molecule has 5 nitrogen and oxygen atoms in total. The van der Waals surface area contributed by atoms with E-state index in [1.807, 2.05) is 38.1 Å². The summed E-state index contributed by atoms with van der Waals surface area (Å²) in [7, 11) is 1.75. The van der Waals surface area contributed by atoms with Crippen LogP contribution in [0.25, 0.3) is 0 Å². The third kappa shape index (κ3) is 6.04. The average Bonchev–Trinajstić information content (AvgIpc) is 2.44. The summed E-state index contributed by atoms with van der Waals surface area (Å²) < 4.78 is 5.49. The van der Waals surface area contributed by atoms with Gasteiger partial charge in [-0.1, -0.05) is 12.1 Å². The predicted octanol–water partition coefficient (Wildman–Crippen LogP) is 0.803. The number of carbonyl (C=O) groups excluding carboxylic acids is 1. The number of aliphatic hydroxyl groups is 1. The van der Waals surface area contributed by atoms with Crippen LogP contribution in [0.3, 0.4) is 0 Å². The third-order valence-corrected chi connectivity index (χ3v) is 2.99. The Morgan fingerprint density at radius 2 is 2.25 bits per heavy atom. The molecule has 2 N–H and O–H groups in total. The Kier molecular flexibility index (Phi) is 7.04. The zero-order chi connectivity index (χ0) is 15.0. The van der Waals surface area contributed by atoms with Crippen LogP contribution in [0.15, 0.2) is 24.3 Å². The number of nitrogens with zero attached hydrogens (tertiary/aromatic N) is 1. The molecule has 0 saturated heterocycles. The van der Waals surface area contributed by atoms with Gasteiger partial charge in [-0.05, 0) is 31.5 Å². The van der Waals surface area contributed by atoms with Crippen molar-refractivity contribution in [1.82, 2.24) is 10.2 Å². The monoisotopic (exact) mass is 280 g/mol. The Morgan fingerprint density at radius 1 is 1.50 bits per heavy atom. The number of ether oxygens (including phenoxy) is 1. The van der Waals surface area contributed by atoms with E-state index in [-0.39, 0.29) is 19.1 Å². The molecule has 0 aromatic heterocycles. The fourth-order valence-corrected chi connectivity index (χ4v) is 1.61. The zero-order valence-corrected chi connectivity index (χ0v) is 12.4. The molecule has 1 atom stereocenters. The van der Waals surface area contributed by atoms with Crippen LogP contribution >= 0.6 is 0 Å². The summed E-state index contributed by atoms with van der Waals surface area (Å²) in [6.07, 6.45) is -0.643. The molecule has 1 aromatic rings. The van der Waals surface area contributed by atoms with Gasteiger partial charge in [0.05, 0.1) is 6.54 Å². The highest BCUT2D eigenvalue weighted by Gasteiger charge is 2.09. The van der Waals surface area contributed by atoms with E-state index >= 15 is 0 Å². The van der Waals surface area contributed by atoms with Gasteiger partial charge in [-0.25, -0.2) is 0 Å². The molecule has 0 radical (unpaired) electrons. The molecule has 20 heavy (non-hydrogen) atoms. The molecule has 0 aliphatic carbocycles. The van der Waals surface area contributed by atoms with Crippen LogP contribution < -0.4 is 10.1 Å². The van der Waals surface area contributed by atoms with Crippen molar-refractivity contribution in [2.24, 2.45) is 0 Å². The minimum absolute atomic E-state index is 0.0132. The maximum absolute atomic E-state index is 11.5. The van der Waals surface area contributed by atoms with Gasteiger partial charge in [-0.2, -0.15) is 0 Å². The van der Waals surface area contributed by atoms with Gasteiger partial charge < -0.3 is 20.1 Å². The second-order valence-electron chi connectivity index (χ2n) is 4.82. The van der Waals surface area contributed by atoms with Crippen molar-refractivity contribution in [1.29, 1.82) is 0 Å². The van der Waals surface area contributed by atoms with Crippen LogP contribution in [0.2, 0.25) is 0 Å². The average molecular weight is 280 g/mol. The van der Waals surface area contributed by atoms with E-state index < -0.39 is 6.10 Å². The van der Waals surface area contributed by atoms with Crippen LogP contribution in [-0.4, -0.2) is 55.3 Å². The summed E-state index contributed by atoms with van der Waals surface area (Å²) in [4.78, 5) is 13.2. The highest BCUT2D eigenvalue weighted by atomic mass is 16.5. The van der Waals surface area contributed by atoms with E-state index in [9.17, 15) is 9.90 Å². The van der Waals surface area contributed by atoms with Gasteiger partial charge >= 0.3 is 0 Å². The summed E-state index contributed by atoms with van der Waals surface area (Å²) in [5, 5.41) is 12.7. The zero-order valence-electron chi connectivity index (χ0n) is 12.4. The molecule has 0 aliphatic rings. The number of hydrogen-bond donors (Lipinski definition) is 2. The number of carbonyl (C=O) groups is 1. The van der Waals surface area contributed by atoms with Gasteiger partial charge in [0.15, 0.2) is 0 Å². The normalized spacial score (nSPS) is 12.0. The molecule has 0 saturated carbocycles. The molecular weight excluding hydrogens is 256 g/mol. The lowest BCUT2D eigenvalue weighted by Crippen LogP contribution is -2.39. The number of benzene rings is 1. The molecule has 0 aliphatic heterocycles. The Morgan fingerprint density at radius 3 is 2.90 bits per heavy atom. The van der Waals surface area contributed by atoms with Crippen LogP contribution in [0.5, 0.6) is 5.75 Å². The summed E-state index contributed by atoms with van der Waals surface area (Å²) >= 11 is 0. The predicted molar refractivity (Wildman–Crippen MR) is 78.9 cm³/mol. The van der Waals surface area contributed by atoms with Crippen molar-refractivity contribution < 1.29 is 14.6 Å². The first-order valence-electron chi connectivity index (χ1n) is 6.85. The fraction of sp³-hybridized carbons (Fsp3) is 0.533. The van der Waals surface area contributed by atoms with Crippen LogP contribution in [0.4, 0.5) is 0 Å². The van der Waals surface area contributed by atoms with Crippen molar-refractivity contribution in [3.05, 3.63) is 29.8 Å². The molecule has 5 heteroatoms. The number of nitrogens with one attached hydrogen (secondary N) is 1. The summed E-state index contributed by atoms with van der Waals surface area (Å²) in [5.74, 6) is 0.755. The van der Waals surface area contributed by atoms with E-state index in [1.54, 1.807) is 11.9 Å². The molecule has 0 bridgehead atoms. The van der Waals surface area contributed by atoms with E-state index in [0.29, 0.717) is 13.1 Å². The maximum Gasteiger partial charge on any atom is 0.236 e. The van der Waals surface area contributed by atoms with Crippen molar-refractivity contribution in [2.75, 3.05) is 33.3 Å². The lowest BCUT2D eigenvalue weighted by atomic mass is 10.2. The SMILES string of the molecule is CCN(C)C(=O)CNCC(O)COc1cccc(C)c1. The van der Waals surface area contributed by atoms with E-state index in [4.69, 9.17) is 4.74 Å². The van der Waals surface area contributed by atoms with Crippen molar-refractivity contribution in [3.63, 3.8) is 0 Å². The van der Waals surface area contributed by atoms with Gasteiger partial charge in [0.2, 0.25) is 5.91 Å². The number of rotatable bonds is 8. The van der Waals surface area contributed by atoms with Gasteiger partial charge in [0.25, 0.3) is 0 Å². The minimum Gasteiger partial charge on any atom is -0.491 e. The number of likely N-dealkylation sites (N-methyl/N-ethyl adjacent to an activating group) is 1. The minimum atomic E-state index is -0.643. The Hall–Kier alpha value is -1.59. The second-order valence-corrected chi connectivity index (χ2v) is 4.82. The first-order valence-corrected chi connectivity index (χ1v) is 6.85. The number of amides is 1. The lowest BCUT2D eigenvalue weighted by Gasteiger charge is -2.16. The molecule has 1 rings (SSSR count). The molecule has 0 spiro atoms. The van der Waals surface area contributed by atoms with Crippen LogP contribution in [-0.2, 0) is 4.79 Å². The van der Waals surface area contributed by atoms with Crippen molar-refractivity contribution >= 4 is 5.91 Å². The number of hydrogen-bond acceptors (Lipinski definition) is 4. The third-order valence-electron chi connectivity index (χ3n) is 2.99. The Balaban J connectivity index is 2.20. The lowest BCUT2D eigenvalue weighted by molar-refractivity contribution is -0.128. The standard InChI is InChI=1S/C15H24N2O3/c1-4-17(3)15(19)10-16-9-13(18)11-20-14-7-5-6-12(2)8-14/h5-8,13,16,18H,4,9-11H2,1-3H3. The fourth-order valence-electron chi connectivity index (χ4n) is 1.61. The highest BCUT2D eigenvalue weighted by Crippen LogP contribution is 2.12. The largest absolute Gasteiger partial charge is 0.491 e. The van der Waals surface area contributed by atoms with Crippen molar-refractivity contribution in [2.45, 2.75) is 20.0 Å². The van der Waals surface area contributed by atoms with E-state index in [1.165, 1.54) is 0 Å². The molecular formula is C15H24N2O3.